The lowest BCUT2D eigenvalue weighted by molar-refractivity contribution is -0.131. The second kappa shape index (κ2) is 8.16. The molecule has 1 N–H and O–H groups in total. The number of aryl methyl sites for hydroxylation is 1. The summed E-state index contributed by atoms with van der Waals surface area (Å²) in [6.45, 7) is 4.70. The number of anilines is 1. The zero-order valence-electron chi connectivity index (χ0n) is 18.1. The Morgan fingerprint density at radius 2 is 2.00 bits per heavy atom. The molecule has 1 atom stereocenters. The third-order valence-electron chi connectivity index (χ3n) is 5.81. The summed E-state index contributed by atoms with van der Waals surface area (Å²) in [6, 6.07) is 13.6. The fourth-order valence-electron chi connectivity index (χ4n) is 4.32. The number of aliphatic hydroxyl groups excluding tert-OH is 1. The number of pyridine rings is 1. The van der Waals surface area contributed by atoms with Crippen molar-refractivity contribution >= 4 is 33.6 Å². The predicted octanol–water partition coefficient (Wildman–Crippen LogP) is 4.04. The van der Waals surface area contributed by atoms with Crippen molar-refractivity contribution in [1.29, 1.82) is 0 Å². The van der Waals surface area contributed by atoms with Gasteiger partial charge in [0.15, 0.2) is 0 Å². The second-order valence-electron chi connectivity index (χ2n) is 8.22. The van der Waals surface area contributed by atoms with E-state index in [9.17, 15) is 9.90 Å². The van der Waals surface area contributed by atoms with E-state index in [0.29, 0.717) is 18.2 Å². The van der Waals surface area contributed by atoms with Crippen LogP contribution in [0.25, 0.3) is 32.9 Å². The summed E-state index contributed by atoms with van der Waals surface area (Å²) in [7, 11) is 0. The third-order valence-corrected chi connectivity index (χ3v) is 5.81. The Balaban J connectivity index is 1.65. The Morgan fingerprint density at radius 3 is 2.81 bits per heavy atom. The fraction of sp³-hybridized carbons (Fsp3) is 0.280. The van der Waals surface area contributed by atoms with Crippen LogP contribution in [0.3, 0.4) is 0 Å². The molecule has 162 valence electrons. The molecule has 5 rings (SSSR count). The molecule has 0 unspecified atom stereocenters. The lowest BCUT2D eigenvalue weighted by Crippen LogP contribution is -2.39. The number of β-amino-alcohol motifs (C(OH)–C–C–N with tert-alkyl or cyclic N) is 1. The topological polar surface area (TPSA) is 88.4 Å². The fourth-order valence-corrected chi connectivity index (χ4v) is 4.32. The maximum Gasteiger partial charge on any atom is 0.308 e. The largest absolute Gasteiger partial charge is 0.427 e. The van der Waals surface area contributed by atoms with Crippen LogP contribution in [0.2, 0.25) is 0 Å². The summed E-state index contributed by atoms with van der Waals surface area (Å²) in [5.41, 5.74) is 3.24. The first-order valence-electron chi connectivity index (χ1n) is 10.8. The van der Waals surface area contributed by atoms with Crippen LogP contribution in [0.5, 0.6) is 5.75 Å². The molecule has 4 aromatic rings. The van der Waals surface area contributed by atoms with Crippen molar-refractivity contribution in [2.75, 3.05) is 18.0 Å². The van der Waals surface area contributed by atoms with Crippen LogP contribution in [0, 0.1) is 6.92 Å². The van der Waals surface area contributed by atoms with Gasteiger partial charge in [-0.25, -0.2) is 9.97 Å². The van der Waals surface area contributed by atoms with E-state index in [4.69, 9.17) is 14.7 Å². The molecule has 0 saturated carbocycles. The number of nitrogens with zero attached hydrogens (tertiary/aromatic N) is 4. The van der Waals surface area contributed by atoms with Gasteiger partial charge in [0.1, 0.15) is 5.75 Å². The second-order valence-corrected chi connectivity index (χ2v) is 8.22. The van der Waals surface area contributed by atoms with Crippen molar-refractivity contribution in [3.8, 4) is 17.0 Å². The third kappa shape index (κ3) is 3.87. The van der Waals surface area contributed by atoms with Crippen molar-refractivity contribution in [2.45, 2.75) is 32.8 Å². The first-order chi connectivity index (χ1) is 15.5. The van der Waals surface area contributed by atoms with Crippen molar-refractivity contribution in [3.63, 3.8) is 0 Å². The normalized spacial score (nSPS) is 16.5. The highest BCUT2D eigenvalue weighted by atomic mass is 16.5. The molecule has 2 aromatic heterocycles. The molecule has 7 nitrogen and oxygen atoms in total. The number of carbonyl (C=O) groups excluding carboxylic acids is 1. The minimum absolute atomic E-state index is 0.354. The molecule has 1 aliphatic heterocycles. The molecular formula is C25H24N4O3. The lowest BCUT2D eigenvalue weighted by Gasteiger charge is -2.30. The molecule has 1 fully saturated rings. The van der Waals surface area contributed by atoms with E-state index in [1.807, 2.05) is 54.3 Å². The number of carbonyl (C=O) groups is 1. The average Bonchev–Trinajstić information content (AvgIpc) is 2.77. The van der Waals surface area contributed by atoms with Gasteiger partial charge in [0.25, 0.3) is 0 Å². The molecule has 7 heteroatoms. The first kappa shape index (κ1) is 20.3. The molecule has 32 heavy (non-hydrogen) atoms. The summed E-state index contributed by atoms with van der Waals surface area (Å²) in [4.78, 5) is 27.8. The van der Waals surface area contributed by atoms with E-state index in [1.165, 1.54) is 6.92 Å². The Labute approximate surface area is 185 Å². The van der Waals surface area contributed by atoms with Crippen LogP contribution in [-0.2, 0) is 4.79 Å². The number of hydrogen-bond acceptors (Lipinski definition) is 7. The average molecular weight is 428 g/mol. The monoisotopic (exact) mass is 428 g/mol. The van der Waals surface area contributed by atoms with Crippen LogP contribution in [0.15, 0.2) is 48.7 Å². The number of hydrogen-bond donors (Lipinski definition) is 1. The summed E-state index contributed by atoms with van der Waals surface area (Å²) in [5.74, 6) is 0.734. The Morgan fingerprint density at radius 1 is 1.16 bits per heavy atom. The molecule has 2 aromatic carbocycles. The Hall–Kier alpha value is -3.58. The highest BCUT2D eigenvalue weighted by molar-refractivity contribution is 5.99. The highest BCUT2D eigenvalue weighted by Gasteiger charge is 2.20. The zero-order chi connectivity index (χ0) is 22.2. The number of fused-ring (bicyclic) bond motifs is 2. The minimum atomic E-state index is -0.366. The van der Waals surface area contributed by atoms with Crippen LogP contribution in [-0.4, -0.2) is 45.2 Å². The van der Waals surface area contributed by atoms with Gasteiger partial charge in [-0.1, -0.05) is 24.3 Å². The van der Waals surface area contributed by atoms with Gasteiger partial charge in [0.2, 0.25) is 5.95 Å². The first-order valence-corrected chi connectivity index (χ1v) is 10.8. The lowest BCUT2D eigenvalue weighted by atomic mass is 10.0. The van der Waals surface area contributed by atoms with Crippen LogP contribution < -0.4 is 9.64 Å². The predicted molar refractivity (Wildman–Crippen MR) is 124 cm³/mol. The maximum atomic E-state index is 11.6. The molecule has 0 bridgehead atoms. The van der Waals surface area contributed by atoms with E-state index >= 15 is 0 Å². The van der Waals surface area contributed by atoms with Crippen LogP contribution in [0.4, 0.5) is 5.95 Å². The number of ether oxygens (including phenoxy) is 1. The van der Waals surface area contributed by atoms with Gasteiger partial charge in [0.05, 0.1) is 17.3 Å². The molecule has 1 saturated heterocycles. The van der Waals surface area contributed by atoms with Gasteiger partial charge in [0, 0.05) is 42.9 Å². The number of benzene rings is 2. The number of aromatic nitrogens is 3. The van der Waals surface area contributed by atoms with Crippen LogP contribution >= 0.6 is 0 Å². The summed E-state index contributed by atoms with van der Waals surface area (Å²) < 4.78 is 5.39. The minimum Gasteiger partial charge on any atom is -0.427 e. The number of piperidine rings is 1. The van der Waals surface area contributed by atoms with Gasteiger partial charge in [-0.15, -0.1) is 0 Å². The Bertz CT molecular complexity index is 1340. The van der Waals surface area contributed by atoms with Gasteiger partial charge < -0.3 is 14.7 Å². The van der Waals surface area contributed by atoms with E-state index in [-0.39, 0.29) is 12.1 Å². The number of esters is 1. The van der Waals surface area contributed by atoms with E-state index in [1.54, 1.807) is 6.20 Å². The summed E-state index contributed by atoms with van der Waals surface area (Å²) >= 11 is 0. The van der Waals surface area contributed by atoms with Gasteiger partial charge in [-0.05, 0) is 48.7 Å². The maximum absolute atomic E-state index is 11.6. The molecule has 0 aliphatic carbocycles. The Kier molecular flexibility index (Phi) is 5.19. The molecule has 0 amide bonds. The van der Waals surface area contributed by atoms with Gasteiger partial charge in [-0.3, -0.25) is 9.78 Å². The van der Waals surface area contributed by atoms with E-state index < -0.39 is 0 Å². The van der Waals surface area contributed by atoms with Crippen molar-refractivity contribution in [2.24, 2.45) is 0 Å². The summed E-state index contributed by atoms with van der Waals surface area (Å²) in [5, 5.41) is 12.9. The molecular weight excluding hydrogens is 404 g/mol. The smallest absolute Gasteiger partial charge is 0.308 e. The van der Waals surface area contributed by atoms with Gasteiger partial charge in [-0.2, -0.15) is 0 Å². The van der Waals surface area contributed by atoms with Crippen molar-refractivity contribution in [3.05, 3.63) is 54.4 Å². The van der Waals surface area contributed by atoms with E-state index in [2.05, 4.69) is 4.98 Å². The highest BCUT2D eigenvalue weighted by Crippen LogP contribution is 2.34. The molecule has 3 heterocycles. The van der Waals surface area contributed by atoms with E-state index in [0.717, 1.165) is 58.0 Å². The SMILES string of the molecule is CC(=O)Oc1cc(-c2cc3nc(N4CCC[C@@H](O)C4)ncc3c(C)n2)c2ccccc2c1. The van der Waals surface area contributed by atoms with Crippen molar-refractivity contribution < 1.29 is 14.6 Å². The molecule has 0 radical (unpaired) electrons. The van der Waals surface area contributed by atoms with Crippen molar-refractivity contribution in [1.82, 2.24) is 15.0 Å². The standard InChI is InChI=1S/C25H24N4O3/c1-15-22-13-26-25(29-9-5-7-18(31)14-29)28-24(22)12-23(27-15)21-11-19(32-16(2)30)10-17-6-3-4-8-20(17)21/h3-4,6,8,10-13,18,31H,5,7,9,14H2,1-2H3/t18-/m1/s1. The number of rotatable bonds is 3. The van der Waals surface area contributed by atoms with Crippen LogP contribution in [0.1, 0.15) is 25.5 Å². The molecule has 1 aliphatic rings. The summed E-state index contributed by atoms with van der Waals surface area (Å²) in [6.07, 6.45) is 3.17. The zero-order valence-corrected chi connectivity index (χ0v) is 18.1. The quantitative estimate of drug-likeness (QED) is 0.389. The van der Waals surface area contributed by atoms with Gasteiger partial charge >= 0.3 is 5.97 Å². The number of aliphatic hydroxyl groups is 1. The molecule has 0 spiro atoms.